The monoisotopic (exact) mass is 598 g/mol. The van der Waals surface area contributed by atoms with E-state index in [-0.39, 0.29) is 41.1 Å². The van der Waals surface area contributed by atoms with Crippen LogP contribution in [0.3, 0.4) is 0 Å². The van der Waals surface area contributed by atoms with Gasteiger partial charge in [0.25, 0.3) is 0 Å². The molecule has 1 saturated heterocycles. The first-order valence-corrected chi connectivity index (χ1v) is 15.2. The number of urea groups is 1. The first kappa shape index (κ1) is 29.9. The summed E-state index contributed by atoms with van der Waals surface area (Å²) in [6.45, 7) is 6.89. The van der Waals surface area contributed by atoms with Crippen LogP contribution in [0.2, 0.25) is 0 Å². The number of benzene rings is 2. The highest BCUT2D eigenvalue weighted by atomic mass is 19.4. The first-order chi connectivity index (χ1) is 20.4. The second-order valence-corrected chi connectivity index (χ2v) is 13.5. The Balaban J connectivity index is 1.15. The van der Waals surface area contributed by atoms with Gasteiger partial charge in [-0.25, -0.2) is 9.18 Å². The van der Waals surface area contributed by atoms with Crippen LogP contribution in [0.15, 0.2) is 42.5 Å². The molecule has 0 aromatic heterocycles. The maximum Gasteiger partial charge on any atom is 0.419 e. The molecule has 4 fully saturated rings. The summed E-state index contributed by atoms with van der Waals surface area (Å²) >= 11 is 0. The van der Waals surface area contributed by atoms with E-state index in [1.165, 1.54) is 0 Å². The van der Waals surface area contributed by atoms with Crippen molar-refractivity contribution in [1.82, 2.24) is 9.80 Å². The molecule has 0 spiro atoms. The smallest absolute Gasteiger partial charge is 0.395 e. The van der Waals surface area contributed by atoms with E-state index in [1.54, 1.807) is 4.90 Å². The van der Waals surface area contributed by atoms with E-state index in [2.05, 4.69) is 30.1 Å². The van der Waals surface area contributed by atoms with Gasteiger partial charge in [-0.05, 0) is 97.7 Å². The number of hydrogen-bond donors (Lipinski definition) is 2. The van der Waals surface area contributed by atoms with E-state index in [4.69, 9.17) is 0 Å². The third kappa shape index (κ3) is 5.29. The zero-order chi connectivity index (χ0) is 30.7. The summed E-state index contributed by atoms with van der Waals surface area (Å²) in [5, 5.41) is 21.8. The number of fused-ring (bicyclic) bond motifs is 2. The van der Waals surface area contributed by atoms with Crippen molar-refractivity contribution in [1.29, 1.82) is 5.26 Å². The molecule has 10 heteroatoms. The Bertz CT molecular complexity index is 1420. The molecule has 2 N–H and O–H groups in total. The summed E-state index contributed by atoms with van der Waals surface area (Å²) in [4.78, 5) is 17.8. The number of alkyl halides is 3. The number of unbranched alkanes of at least 4 members (excludes halogenated alkanes) is 1. The summed E-state index contributed by atoms with van der Waals surface area (Å²) in [7, 11) is 0. The second-order valence-electron chi connectivity index (χ2n) is 13.5. The predicted molar refractivity (Wildman–Crippen MR) is 154 cm³/mol. The molecule has 2 amide bonds. The Kier molecular flexibility index (Phi) is 7.49. The van der Waals surface area contributed by atoms with Crippen LogP contribution < -0.4 is 5.32 Å². The van der Waals surface area contributed by atoms with Crippen LogP contribution in [0.1, 0.15) is 62.6 Å². The van der Waals surface area contributed by atoms with Crippen molar-refractivity contribution in [3.8, 4) is 6.07 Å². The van der Waals surface area contributed by atoms with Gasteiger partial charge in [-0.15, -0.1) is 0 Å². The Hall–Kier alpha value is -3.16. The molecule has 3 saturated carbocycles. The SMILES string of the molecule is CC1(C)[C@H]2[C@@H](CO)N(CCCCN(C(=O)Nc3ccc(F)c(C(F)(F)F)c3)[C@@H]3CC[C@@]4(c5ccc(C#N)cc5)C[C@H]34)C[C@H]21. The van der Waals surface area contributed by atoms with Crippen LogP contribution in [-0.2, 0) is 11.6 Å². The zero-order valence-electron chi connectivity index (χ0n) is 24.5. The number of nitrogens with zero attached hydrogens (tertiary/aromatic N) is 3. The number of hydrogen-bond acceptors (Lipinski definition) is 4. The topological polar surface area (TPSA) is 79.6 Å². The number of halogens is 4. The van der Waals surface area contributed by atoms with Crippen LogP contribution in [0.25, 0.3) is 0 Å². The average Bonchev–Trinajstić information content (AvgIpc) is 3.67. The molecule has 2 aromatic carbocycles. The van der Waals surface area contributed by atoms with E-state index in [9.17, 15) is 32.7 Å². The van der Waals surface area contributed by atoms with E-state index < -0.39 is 23.6 Å². The number of nitriles is 1. The van der Waals surface area contributed by atoms with Gasteiger partial charge >= 0.3 is 12.2 Å². The summed E-state index contributed by atoms with van der Waals surface area (Å²) in [6.07, 6.45) is -0.767. The van der Waals surface area contributed by atoms with Gasteiger partial charge in [-0.3, -0.25) is 4.90 Å². The van der Waals surface area contributed by atoms with Gasteiger partial charge in [0.15, 0.2) is 0 Å². The van der Waals surface area contributed by atoms with Gasteiger partial charge < -0.3 is 15.3 Å². The van der Waals surface area contributed by atoms with Gasteiger partial charge in [0.05, 0.1) is 23.8 Å². The minimum absolute atomic E-state index is 0.0613. The number of likely N-dealkylation sites (tertiary alicyclic amines) is 1. The summed E-state index contributed by atoms with van der Waals surface area (Å²) in [6, 6.07) is 11.9. The van der Waals surface area contributed by atoms with E-state index >= 15 is 0 Å². The third-order valence-corrected chi connectivity index (χ3v) is 11.0. The van der Waals surface area contributed by atoms with Crippen molar-refractivity contribution in [3.63, 3.8) is 0 Å². The number of piperidine rings is 1. The van der Waals surface area contributed by atoms with Gasteiger partial charge in [0, 0.05) is 36.3 Å². The Morgan fingerprint density at radius 1 is 1.16 bits per heavy atom. The Morgan fingerprint density at radius 2 is 1.91 bits per heavy atom. The molecule has 2 aromatic rings. The van der Waals surface area contributed by atoms with Crippen molar-refractivity contribution in [2.45, 2.75) is 69.6 Å². The van der Waals surface area contributed by atoms with Crippen molar-refractivity contribution in [3.05, 3.63) is 65.0 Å². The van der Waals surface area contributed by atoms with Crippen molar-refractivity contribution >= 4 is 11.7 Å². The molecule has 3 aliphatic carbocycles. The highest BCUT2D eigenvalue weighted by Crippen LogP contribution is 2.66. The molecular formula is C33H38F4N4O2. The number of carbonyl (C=O) groups excluding carboxylic acids is 1. The quantitative estimate of drug-likeness (QED) is 0.259. The largest absolute Gasteiger partial charge is 0.419 e. The number of carbonyl (C=O) groups is 1. The fourth-order valence-corrected chi connectivity index (χ4v) is 8.49. The minimum atomic E-state index is -4.87. The van der Waals surface area contributed by atoms with Crippen LogP contribution >= 0.6 is 0 Å². The van der Waals surface area contributed by atoms with Crippen molar-refractivity contribution in [2.75, 3.05) is 31.6 Å². The fraction of sp³-hybridized carbons (Fsp3) is 0.576. The Labute approximate surface area is 249 Å². The molecule has 1 heterocycles. The van der Waals surface area contributed by atoms with Crippen LogP contribution in [0.4, 0.5) is 28.0 Å². The van der Waals surface area contributed by atoms with Gasteiger partial charge in [-0.2, -0.15) is 18.4 Å². The molecular weight excluding hydrogens is 560 g/mol. The second kappa shape index (κ2) is 10.8. The highest BCUT2D eigenvalue weighted by molar-refractivity contribution is 5.89. The normalized spacial score (nSPS) is 30.3. The molecule has 4 aliphatic rings. The molecule has 6 atom stereocenters. The number of amides is 2. The number of aliphatic hydroxyl groups excluding tert-OH is 1. The van der Waals surface area contributed by atoms with Gasteiger partial charge in [0.1, 0.15) is 5.82 Å². The lowest BCUT2D eigenvalue weighted by atomic mass is 9.93. The zero-order valence-corrected chi connectivity index (χ0v) is 24.5. The van der Waals surface area contributed by atoms with Crippen LogP contribution in [0.5, 0.6) is 0 Å². The number of aliphatic hydroxyl groups is 1. The maximum atomic E-state index is 13.9. The number of rotatable bonds is 9. The van der Waals surface area contributed by atoms with E-state index in [0.717, 1.165) is 56.5 Å². The van der Waals surface area contributed by atoms with Crippen LogP contribution in [-0.4, -0.2) is 59.3 Å². The lowest BCUT2D eigenvalue weighted by molar-refractivity contribution is -0.139. The maximum absolute atomic E-state index is 13.9. The molecule has 230 valence electrons. The molecule has 43 heavy (non-hydrogen) atoms. The molecule has 0 unspecified atom stereocenters. The molecule has 6 rings (SSSR count). The number of anilines is 1. The first-order valence-electron chi connectivity index (χ1n) is 15.2. The summed E-state index contributed by atoms with van der Waals surface area (Å²) in [5.41, 5.74) is 0.449. The summed E-state index contributed by atoms with van der Waals surface area (Å²) in [5.74, 6) is -0.0435. The van der Waals surface area contributed by atoms with Crippen molar-refractivity contribution < 1.29 is 27.5 Å². The molecule has 6 nitrogen and oxygen atoms in total. The Morgan fingerprint density at radius 3 is 2.56 bits per heavy atom. The lowest BCUT2D eigenvalue weighted by Gasteiger charge is -2.32. The standard InChI is InChI=1S/C33H38F4N4O2/c1-31(2)25-18-40(28(19-42)29(25)31)13-3-4-14-41(30(43)39-22-9-10-26(34)23(15-22)33(35,36)37)27-11-12-32(16-24(27)32)21-7-5-20(17-38)6-8-21/h5-10,15,24-25,27-29,42H,3-4,11-14,16,18-19H2,1-2H3,(H,39,43)/t24-,25-,27-,28-,29-,32+/m1/s1. The lowest BCUT2D eigenvalue weighted by Crippen LogP contribution is -2.44. The molecule has 0 bridgehead atoms. The average molecular weight is 599 g/mol. The third-order valence-electron chi connectivity index (χ3n) is 11.0. The molecule has 1 aliphatic heterocycles. The predicted octanol–water partition coefficient (Wildman–Crippen LogP) is 6.40. The summed E-state index contributed by atoms with van der Waals surface area (Å²) < 4.78 is 53.9. The highest BCUT2D eigenvalue weighted by Gasteiger charge is 2.66. The van der Waals surface area contributed by atoms with Crippen LogP contribution in [0, 0.1) is 40.3 Å². The number of nitrogens with one attached hydrogen (secondary N) is 1. The van der Waals surface area contributed by atoms with E-state index in [1.807, 2.05) is 24.3 Å². The van der Waals surface area contributed by atoms with Gasteiger partial charge in [-0.1, -0.05) is 26.0 Å². The fourth-order valence-electron chi connectivity index (χ4n) is 8.49. The van der Waals surface area contributed by atoms with Crippen molar-refractivity contribution in [2.24, 2.45) is 23.2 Å². The molecule has 0 radical (unpaired) electrons. The van der Waals surface area contributed by atoms with E-state index in [0.29, 0.717) is 36.4 Å². The van der Waals surface area contributed by atoms with Gasteiger partial charge in [0.2, 0.25) is 0 Å². The minimum Gasteiger partial charge on any atom is -0.395 e.